The Balaban J connectivity index is 1.53. The van der Waals surface area contributed by atoms with Crippen LogP contribution in [0, 0.1) is 23.7 Å². The molecule has 3 aliphatic carbocycles. The van der Waals surface area contributed by atoms with Gasteiger partial charge in [0.05, 0.1) is 0 Å². The van der Waals surface area contributed by atoms with E-state index in [0.717, 1.165) is 23.7 Å². The average molecular weight is 256 g/mol. The van der Waals surface area contributed by atoms with Crippen LogP contribution in [0.3, 0.4) is 0 Å². The van der Waals surface area contributed by atoms with Crippen LogP contribution in [0.1, 0.15) is 58.8 Å². The van der Waals surface area contributed by atoms with Crippen molar-refractivity contribution < 1.29 is 0 Å². The van der Waals surface area contributed by atoms with Crippen molar-refractivity contribution in [3.63, 3.8) is 0 Å². The van der Waals surface area contributed by atoms with Crippen molar-refractivity contribution in [2.24, 2.45) is 23.7 Å². The van der Waals surface area contributed by atoms with E-state index >= 15 is 0 Å². The van der Waals surface area contributed by atoms with Crippen LogP contribution in [0.4, 0.5) is 0 Å². The van der Waals surface area contributed by atoms with Crippen LogP contribution in [0.15, 0.2) is 35.5 Å². The van der Waals surface area contributed by atoms with E-state index in [4.69, 9.17) is 0 Å². The van der Waals surface area contributed by atoms with Gasteiger partial charge in [-0.1, -0.05) is 36.8 Å². The maximum atomic E-state index is 2.60. The van der Waals surface area contributed by atoms with Crippen LogP contribution in [-0.4, -0.2) is 0 Å². The summed E-state index contributed by atoms with van der Waals surface area (Å²) in [4.78, 5) is 0. The van der Waals surface area contributed by atoms with Crippen molar-refractivity contribution in [1.82, 2.24) is 0 Å². The van der Waals surface area contributed by atoms with Crippen LogP contribution in [-0.2, 0) is 0 Å². The summed E-state index contributed by atoms with van der Waals surface area (Å²) >= 11 is 0. The van der Waals surface area contributed by atoms with E-state index in [1.807, 2.05) is 0 Å². The Morgan fingerprint density at radius 2 is 1.89 bits per heavy atom. The molecular formula is C19H28. The molecule has 0 heteroatoms. The van der Waals surface area contributed by atoms with Crippen LogP contribution >= 0.6 is 0 Å². The molecule has 0 spiro atoms. The van der Waals surface area contributed by atoms with Crippen molar-refractivity contribution >= 4 is 0 Å². The topological polar surface area (TPSA) is 0 Å². The molecule has 3 rings (SSSR count). The zero-order chi connectivity index (χ0) is 13.2. The Kier molecular flexibility index (Phi) is 3.96. The summed E-state index contributed by atoms with van der Waals surface area (Å²) in [6.45, 7) is 4.64. The maximum Gasteiger partial charge on any atom is -0.00104 e. The normalized spacial score (nSPS) is 40.9. The van der Waals surface area contributed by atoms with Crippen molar-refractivity contribution in [2.75, 3.05) is 0 Å². The van der Waals surface area contributed by atoms with Gasteiger partial charge in [0, 0.05) is 0 Å². The lowest BCUT2D eigenvalue weighted by atomic mass is 9.71. The van der Waals surface area contributed by atoms with Crippen molar-refractivity contribution in [2.45, 2.75) is 58.8 Å². The van der Waals surface area contributed by atoms with E-state index in [-0.39, 0.29) is 0 Å². The van der Waals surface area contributed by atoms with Gasteiger partial charge in [0.15, 0.2) is 0 Å². The quantitative estimate of drug-likeness (QED) is 0.558. The predicted molar refractivity (Wildman–Crippen MR) is 82.9 cm³/mol. The van der Waals surface area contributed by atoms with Gasteiger partial charge >= 0.3 is 0 Å². The Bertz CT molecular complexity index is 402. The SMILES string of the molecule is CC1=CC(C2CCC(/C=C3/C=C[C@@H]3C)CC2)CCC1. The molecule has 3 aliphatic rings. The summed E-state index contributed by atoms with van der Waals surface area (Å²) < 4.78 is 0. The highest BCUT2D eigenvalue weighted by molar-refractivity contribution is 5.35. The third kappa shape index (κ3) is 3.04. The number of hydrogen-bond donors (Lipinski definition) is 0. The Labute approximate surface area is 118 Å². The molecule has 0 amide bonds. The highest BCUT2D eigenvalue weighted by Crippen LogP contribution is 2.40. The lowest BCUT2D eigenvalue weighted by Gasteiger charge is -2.34. The minimum atomic E-state index is 0.724. The first-order valence-corrected chi connectivity index (χ1v) is 8.29. The zero-order valence-electron chi connectivity index (χ0n) is 12.6. The van der Waals surface area contributed by atoms with Gasteiger partial charge in [0.1, 0.15) is 0 Å². The lowest BCUT2D eigenvalue weighted by molar-refractivity contribution is 0.237. The summed E-state index contributed by atoms with van der Waals surface area (Å²) in [6.07, 6.45) is 19.8. The lowest BCUT2D eigenvalue weighted by Crippen LogP contribution is -2.22. The molecule has 0 aromatic rings. The number of hydrogen-bond acceptors (Lipinski definition) is 0. The standard InChI is InChI=1S/C19H28/c1-14-4-3-5-19(12-14)17-10-7-16(8-11-17)13-18-9-6-15(18)2/h6,9,12-13,15-17,19H,3-5,7-8,10-11H2,1-2H3/b18-13-/t15-,16?,17?,19?/m0/s1. The van der Waals surface area contributed by atoms with Gasteiger partial charge in [-0.05, 0) is 81.1 Å². The van der Waals surface area contributed by atoms with Crippen LogP contribution in [0.2, 0.25) is 0 Å². The first kappa shape index (κ1) is 13.2. The monoisotopic (exact) mass is 256 g/mol. The first-order chi connectivity index (χ1) is 9.22. The molecule has 1 saturated carbocycles. The van der Waals surface area contributed by atoms with Crippen LogP contribution < -0.4 is 0 Å². The minimum Gasteiger partial charge on any atom is -0.0822 e. The fraction of sp³-hybridized carbons (Fsp3) is 0.684. The Hall–Kier alpha value is -0.780. The smallest absolute Gasteiger partial charge is 0.00104 e. The zero-order valence-corrected chi connectivity index (χ0v) is 12.6. The molecule has 0 N–H and O–H groups in total. The highest BCUT2D eigenvalue weighted by atomic mass is 14.3. The molecule has 1 fully saturated rings. The fourth-order valence-corrected chi connectivity index (χ4v) is 4.14. The molecule has 0 aromatic heterocycles. The van der Waals surface area contributed by atoms with E-state index in [1.54, 1.807) is 11.1 Å². The van der Waals surface area contributed by atoms with E-state index in [9.17, 15) is 0 Å². The molecule has 0 nitrogen and oxygen atoms in total. The molecule has 0 radical (unpaired) electrons. The molecule has 19 heavy (non-hydrogen) atoms. The molecule has 0 bridgehead atoms. The van der Waals surface area contributed by atoms with E-state index < -0.39 is 0 Å². The maximum absolute atomic E-state index is 2.60. The molecular weight excluding hydrogens is 228 g/mol. The van der Waals surface area contributed by atoms with Crippen LogP contribution in [0.5, 0.6) is 0 Å². The average Bonchev–Trinajstić information content (AvgIpc) is 2.44. The van der Waals surface area contributed by atoms with Crippen molar-refractivity contribution in [3.8, 4) is 0 Å². The predicted octanol–water partition coefficient (Wildman–Crippen LogP) is 5.67. The summed E-state index contributed by atoms with van der Waals surface area (Å²) in [5.41, 5.74) is 3.24. The Morgan fingerprint density at radius 3 is 2.47 bits per heavy atom. The van der Waals surface area contributed by atoms with Gasteiger partial charge in [-0.3, -0.25) is 0 Å². The van der Waals surface area contributed by atoms with Crippen molar-refractivity contribution in [1.29, 1.82) is 0 Å². The molecule has 0 heterocycles. The van der Waals surface area contributed by atoms with E-state index in [1.165, 1.54) is 44.9 Å². The molecule has 0 aromatic carbocycles. The first-order valence-electron chi connectivity index (χ1n) is 8.29. The van der Waals surface area contributed by atoms with E-state index in [2.05, 4.69) is 38.2 Å². The van der Waals surface area contributed by atoms with Gasteiger partial charge in [-0.25, -0.2) is 0 Å². The van der Waals surface area contributed by atoms with Gasteiger partial charge in [-0.2, -0.15) is 0 Å². The minimum absolute atomic E-state index is 0.724. The van der Waals surface area contributed by atoms with Crippen molar-refractivity contribution in [3.05, 3.63) is 35.5 Å². The fourth-order valence-electron chi connectivity index (χ4n) is 4.14. The number of rotatable bonds is 2. The van der Waals surface area contributed by atoms with Gasteiger partial charge < -0.3 is 0 Å². The van der Waals surface area contributed by atoms with Gasteiger partial charge in [-0.15, -0.1) is 0 Å². The Morgan fingerprint density at radius 1 is 1.11 bits per heavy atom. The largest absolute Gasteiger partial charge is 0.0822 e. The van der Waals surface area contributed by atoms with Gasteiger partial charge in [0.2, 0.25) is 0 Å². The second-order valence-electron chi connectivity index (χ2n) is 7.06. The highest BCUT2D eigenvalue weighted by Gasteiger charge is 2.27. The molecule has 0 saturated heterocycles. The molecule has 2 atom stereocenters. The molecule has 104 valence electrons. The van der Waals surface area contributed by atoms with Crippen LogP contribution in [0.25, 0.3) is 0 Å². The summed E-state index contributed by atoms with van der Waals surface area (Å²) in [6, 6.07) is 0. The number of allylic oxidation sites excluding steroid dienone is 6. The second-order valence-corrected chi connectivity index (χ2v) is 7.06. The third-order valence-corrected chi connectivity index (χ3v) is 5.56. The third-order valence-electron chi connectivity index (χ3n) is 5.56. The molecule has 1 unspecified atom stereocenters. The summed E-state index contributed by atoms with van der Waals surface area (Å²) in [7, 11) is 0. The second kappa shape index (κ2) is 5.69. The van der Waals surface area contributed by atoms with Gasteiger partial charge in [0.25, 0.3) is 0 Å². The summed E-state index contributed by atoms with van der Waals surface area (Å²) in [5.74, 6) is 3.48. The summed E-state index contributed by atoms with van der Waals surface area (Å²) in [5, 5.41) is 0. The molecule has 0 aliphatic heterocycles. The van der Waals surface area contributed by atoms with E-state index in [0.29, 0.717) is 0 Å².